The Morgan fingerprint density at radius 2 is 1.14 bits per heavy atom. The van der Waals surface area contributed by atoms with Crippen molar-refractivity contribution in [3.05, 3.63) is 102 Å². The lowest BCUT2D eigenvalue weighted by Crippen LogP contribution is -2.30. The first kappa shape index (κ1) is 27.5. The largest absolute Gasteiger partial charge is 0.323 e. The van der Waals surface area contributed by atoms with E-state index in [1.807, 2.05) is 48.0 Å². The summed E-state index contributed by atoms with van der Waals surface area (Å²) in [5.41, 5.74) is 5.95. The van der Waals surface area contributed by atoms with Crippen molar-refractivity contribution in [1.29, 1.82) is 5.26 Å². The second-order valence-electron chi connectivity index (χ2n) is 9.55. The number of carbonyl (C=O) groups is 2. The van der Waals surface area contributed by atoms with Gasteiger partial charge in [0.2, 0.25) is 17.1 Å². The standard InChI is InChI=1S/C32H25N7O3/c1-39-29-17-27(37-31(41)35-25-8-2-21(3-9-25)14-15-33)12-6-23(29)16-24-7-13-28(18-30(24)39)38-32(42)36-26-10-4-22(5-11-26)19-34-20-40/h2-13,16-18H,14,19H2,1H3,(H3,35,36,37,38,41,42)/p+1. The van der Waals surface area contributed by atoms with Crippen molar-refractivity contribution in [2.75, 3.05) is 21.3 Å². The third kappa shape index (κ3) is 6.57. The van der Waals surface area contributed by atoms with Gasteiger partial charge in [-0.05, 0) is 65.7 Å². The van der Waals surface area contributed by atoms with Crippen LogP contribution in [-0.2, 0) is 24.8 Å². The van der Waals surface area contributed by atoms with Crippen molar-refractivity contribution in [2.24, 2.45) is 12.0 Å². The maximum absolute atomic E-state index is 12.6. The van der Waals surface area contributed by atoms with E-state index in [1.165, 1.54) is 6.08 Å². The topological polar surface area (TPSA) is 139 Å². The molecule has 42 heavy (non-hydrogen) atoms. The van der Waals surface area contributed by atoms with Crippen LogP contribution in [0.15, 0.2) is 96.0 Å². The number of benzene rings is 4. The van der Waals surface area contributed by atoms with Gasteiger partial charge in [0.25, 0.3) is 0 Å². The number of hydrogen-bond acceptors (Lipinski definition) is 5. The molecule has 0 saturated heterocycles. The number of aryl methyl sites for hydroxylation is 1. The highest BCUT2D eigenvalue weighted by atomic mass is 16.2. The predicted octanol–water partition coefficient (Wildman–Crippen LogP) is 6.01. The summed E-state index contributed by atoms with van der Waals surface area (Å²) in [6, 6.07) is 28.9. The Balaban J connectivity index is 1.29. The first-order chi connectivity index (χ1) is 20.4. The van der Waals surface area contributed by atoms with Gasteiger partial charge in [0, 0.05) is 45.7 Å². The second-order valence-corrected chi connectivity index (χ2v) is 9.55. The van der Waals surface area contributed by atoms with Crippen molar-refractivity contribution in [1.82, 2.24) is 0 Å². The predicted molar refractivity (Wildman–Crippen MR) is 162 cm³/mol. The molecule has 0 radical (unpaired) electrons. The van der Waals surface area contributed by atoms with E-state index in [1.54, 1.807) is 48.5 Å². The molecule has 0 fully saturated rings. The molecule has 10 nitrogen and oxygen atoms in total. The third-order valence-electron chi connectivity index (χ3n) is 6.64. The van der Waals surface area contributed by atoms with Gasteiger partial charge in [-0.3, -0.25) is 0 Å². The molecule has 0 unspecified atom stereocenters. The maximum atomic E-state index is 12.6. The van der Waals surface area contributed by atoms with E-state index < -0.39 is 6.03 Å². The highest BCUT2D eigenvalue weighted by Gasteiger charge is 2.15. The lowest BCUT2D eigenvalue weighted by atomic mass is 10.1. The van der Waals surface area contributed by atoms with Crippen LogP contribution >= 0.6 is 0 Å². The van der Waals surface area contributed by atoms with Gasteiger partial charge in [-0.25, -0.2) is 19.4 Å². The fourth-order valence-electron chi connectivity index (χ4n) is 4.57. The monoisotopic (exact) mass is 556 g/mol. The van der Waals surface area contributed by atoms with Crippen molar-refractivity contribution in [2.45, 2.75) is 13.0 Å². The lowest BCUT2D eigenvalue weighted by Gasteiger charge is -2.10. The average molecular weight is 557 g/mol. The Labute approximate surface area is 241 Å². The highest BCUT2D eigenvalue weighted by molar-refractivity contribution is 6.02. The zero-order chi connectivity index (χ0) is 29.5. The maximum Gasteiger partial charge on any atom is 0.323 e. The van der Waals surface area contributed by atoms with Crippen LogP contribution in [0.25, 0.3) is 21.8 Å². The quantitative estimate of drug-likeness (QED) is 0.0844. The van der Waals surface area contributed by atoms with Gasteiger partial charge in [-0.15, -0.1) is 0 Å². The molecule has 1 heterocycles. The van der Waals surface area contributed by atoms with Gasteiger partial charge in [-0.1, -0.05) is 24.3 Å². The smallest absolute Gasteiger partial charge is 0.308 e. The van der Waals surface area contributed by atoms with Crippen LogP contribution in [0.2, 0.25) is 0 Å². The van der Waals surface area contributed by atoms with E-state index in [4.69, 9.17) is 5.26 Å². The Kier molecular flexibility index (Phi) is 8.14. The van der Waals surface area contributed by atoms with Crippen LogP contribution in [0.3, 0.4) is 0 Å². The first-order valence-corrected chi connectivity index (χ1v) is 13.0. The Hall–Kier alpha value is -6.04. The molecule has 1 aromatic heterocycles. The number of nitrogens with one attached hydrogen (secondary N) is 4. The fraction of sp³-hybridized carbons (Fsp3) is 0.0938. The van der Waals surface area contributed by atoms with Gasteiger partial charge >= 0.3 is 12.1 Å². The number of pyridine rings is 1. The van der Waals surface area contributed by atoms with Crippen molar-refractivity contribution in [3.63, 3.8) is 0 Å². The van der Waals surface area contributed by atoms with Crippen LogP contribution in [0.5, 0.6) is 0 Å². The number of carbonyl (C=O) groups excluding carboxylic acids is 3. The minimum Gasteiger partial charge on any atom is -0.308 e. The molecule has 0 aliphatic rings. The van der Waals surface area contributed by atoms with Crippen molar-refractivity contribution in [3.8, 4) is 6.07 Å². The summed E-state index contributed by atoms with van der Waals surface area (Å²) >= 11 is 0. The number of nitriles is 1. The number of anilines is 4. The number of hydrogen-bond donors (Lipinski definition) is 4. The minimum atomic E-state index is -0.395. The molecule has 0 bridgehead atoms. The highest BCUT2D eigenvalue weighted by Crippen LogP contribution is 2.24. The number of aliphatic imine (C=N–C) groups is 1. The van der Waals surface area contributed by atoms with Gasteiger partial charge in [0.15, 0.2) is 0 Å². The SMILES string of the molecule is C[n+]1c2cc(NC(=O)Nc3ccc(CC#N)cc3)ccc2cc2ccc(NC(=O)Nc3ccc(CN=C=O)cc3)cc21. The van der Waals surface area contributed by atoms with E-state index in [-0.39, 0.29) is 12.6 Å². The molecular weight excluding hydrogens is 530 g/mol. The zero-order valence-electron chi connectivity index (χ0n) is 22.6. The minimum absolute atomic E-state index is 0.239. The van der Waals surface area contributed by atoms with Crippen LogP contribution in [0.1, 0.15) is 11.1 Å². The number of urea groups is 2. The van der Waals surface area contributed by atoms with E-state index in [9.17, 15) is 14.4 Å². The first-order valence-electron chi connectivity index (χ1n) is 13.0. The van der Waals surface area contributed by atoms with E-state index in [0.29, 0.717) is 29.2 Å². The molecule has 0 aliphatic heterocycles. The molecule has 206 valence electrons. The number of aromatic nitrogens is 1. The van der Waals surface area contributed by atoms with Crippen molar-refractivity contribution >= 4 is 62.7 Å². The molecular formula is C32H26N7O3+. The molecule has 4 aromatic carbocycles. The van der Waals surface area contributed by atoms with Crippen LogP contribution < -0.4 is 25.8 Å². The van der Waals surface area contributed by atoms with Crippen LogP contribution in [-0.4, -0.2) is 18.1 Å². The van der Waals surface area contributed by atoms with Gasteiger partial charge in [0.1, 0.15) is 7.05 Å². The van der Waals surface area contributed by atoms with Gasteiger partial charge < -0.3 is 21.3 Å². The van der Waals surface area contributed by atoms with Crippen LogP contribution in [0.4, 0.5) is 32.3 Å². The summed E-state index contributed by atoms with van der Waals surface area (Å²) in [5, 5.41) is 22.1. The van der Waals surface area contributed by atoms with Crippen LogP contribution in [0, 0.1) is 11.3 Å². The Morgan fingerprint density at radius 1 is 0.690 bits per heavy atom. The van der Waals surface area contributed by atoms with Gasteiger partial charge in [0.05, 0.1) is 19.0 Å². The van der Waals surface area contributed by atoms with Gasteiger partial charge in [-0.2, -0.15) is 9.83 Å². The zero-order valence-corrected chi connectivity index (χ0v) is 22.6. The summed E-state index contributed by atoms with van der Waals surface area (Å²) in [6.07, 6.45) is 1.82. The number of rotatable bonds is 7. The molecule has 5 rings (SSSR count). The van der Waals surface area contributed by atoms with E-state index in [2.05, 4.69) is 38.4 Å². The molecule has 5 aromatic rings. The number of fused-ring (bicyclic) bond motifs is 2. The summed E-state index contributed by atoms with van der Waals surface area (Å²) in [4.78, 5) is 39.1. The molecule has 4 amide bonds. The Morgan fingerprint density at radius 3 is 1.62 bits per heavy atom. The lowest BCUT2D eigenvalue weighted by molar-refractivity contribution is -0.617. The summed E-state index contributed by atoms with van der Waals surface area (Å²) in [7, 11) is 1.93. The molecule has 10 heteroatoms. The molecule has 0 saturated carbocycles. The summed E-state index contributed by atoms with van der Waals surface area (Å²) in [6.45, 7) is 0.239. The molecule has 4 N–H and O–H groups in total. The number of isocyanates is 1. The average Bonchev–Trinajstić information content (AvgIpc) is 2.98. The van der Waals surface area contributed by atoms with E-state index in [0.717, 1.165) is 32.9 Å². The summed E-state index contributed by atoms with van der Waals surface area (Å²) < 4.78 is 2.01. The summed E-state index contributed by atoms with van der Waals surface area (Å²) in [5.74, 6) is 0. The normalized spacial score (nSPS) is 10.4. The molecule has 0 atom stereocenters. The fourth-order valence-corrected chi connectivity index (χ4v) is 4.57. The number of nitrogens with zero attached hydrogens (tertiary/aromatic N) is 3. The van der Waals surface area contributed by atoms with Crippen molar-refractivity contribution < 1.29 is 19.0 Å². The van der Waals surface area contributed by atoms with E-state index >= 15 is 0 Å². The Bertz CT molecular complexity index is 1890. The third-order valence-corrected chi connectivity index (χ3v) is 6.64. The number of amides is 4. The molecule has 0 aliphatic carbocycles. The second kappa shape index (κ2) is 12.4. The molecule has 0 spiro atoms.